The average Bonchev–Trinajstić information content (AvgIpc) is 2.70. The van der Waals surface area contributed by atoms with Crippen molar-refractivity contribution >= 4 is 27.6 Å². The molecule has 0 aliphatic heterocycles. The molecule has 1 aromatic carbocycles. The van der Waals surface area contributed by atoms with Gasteiger partial charge in [0, 0.05) is 12.2 Å². The fourth-order valence-corrected chi connectivity index (χ4v) is 3.89. The molecule has 1 heterocycles. The van der Waals surface area contributed by atoms with Gasteiger partial charge >= 0.3 is 0 Å². The number of hydroxylamine groups is 1. The van der Waals surface area contributed by atoms with Gasteiger partial charge in [-0.3, -0.25) is 24.6 Å². The summed E-state index contributed by atoms with van der Waals surface area (Å²) in [5, 5.41) is 9.52. The Bertz CT molecular complexity index is 1110. The summed E-state index contributed by atoms with van der Waals surface area (Å²) in [6, 6.07) is 9.31. The Hall–Kier alpha value is -3.38. The lowest BCUT2D eigenvalue weighted by Crippen LogP contribution is -2.38. The predicted molar refractivity (Wildman–Crippen MR) is 116 cm³/mol. The molecule has 0 atom stereocenters. The Morgan fingerprint density at radius 3 is 2.65 bits per heavy atom. The van der Waals surface area contributed by atoms with Gasteiger partial charge < -0.3 is 15.6 Å². The number of hydrogen-bond donors (Lipinski definition) is 5. The Morgan fingerprint density at radius 2 is 2.00 bits per heavy atom. The van der Waals surface area contributed by atoms with E-state index in [0.717, 1.165) is 5.56 Å². The van der Waals surface area contributed by atoms with E-state index in [9.17, 15) is 18.0 Å². The number of sulfonamides is 1. The van der Waals surface area contributed by atoms with E-state index in [1.807, 2.05) is 6.92 Å². The van der Waals surface area contributed by atoms with Crippen LogP contribution in [-0.2, 0) is 32.6 Å². The van der Waals surface area contributed by atoms with Crippen molar-refractivity contribution < 1.29 is 18.0 Å². The molecule has 0 saturated carbocycles. The molecule has 12 heteroatoms. The van der Waals surface area contributed by atoms with Crippen LogP contribution in [0.15, 0.2) is 46.1 Å². The van der Waals surface area contributed by atoms with E-state index < -0.39 is 21.5 Å². The number of guanidine groups is 1. The summed E-state index contributed by atoms with van der Waals surface area (Å²) in [4.78, 5) is 30.0. The van der Waals surface area contributed by atoms with Gasteiger partial charge in [0.05, 0.1) is 11.5 Å². The lowest BCUT2D eigenvalue weighted by atomic mass is 10.2. The van der Waals surface area contributed by atoms with E-state index in [0.29, 0.717) is 12.1 Å². The van der Waals surface area contributed by atoms with Crippen molar-refractivity contribution in [3.63, 3.8) is 0 Å². The molecule has 0 spiro atoms. The van der Waals surface area contributed by atoms with Crippen molar-refractivity contribution in [3.8, 4) is 0 Å². The third-order valence-electron chi connectivity index (χ3n) is 4.18. The van der Waals surface area contributed by atoms with Crippen LogP contribution in [0.5, 0.6) is 0 Å². The maximum Gasteiger partial charge on any atom is 0.275 e. The number of nitrogens with two attached hydrogens (primary N) is 1. The summed E-state index contributed by atoms with van der Waals surface area (Å²) in [5.41, 5.74) is 7.76. The summed E-state index contributed by atoms with van der Waals surface area (Å²) in [7, 11) is -3.97. The van der Waals surface area contributed by atoms with Crippen molar-refractivity contribution in [1.29, 1.82) is 5.41 Å². The molecule has 0 saturated heterocycles. The fourth-order valence-electron chi connectivity index (χ4n) is 2.73. The maximum absolute atomic E-state index is 12.9. The highest BCUT2D eigenvalue weighted by atomic mass is 32.2. The van der Waals surface area contributed by atoms with Crippen LogP contribution in [0.4, 0.5) is 5.69 Å². The first-order valence-electron chi connectivity index (χ1n) is 9.44. The number of benzene rings is 1. The second-order valence-electron chi connectivity index (χ2n) is 6.62. The predicted octanol–water partition coefficient (Wildman–Crippen LogP) is 0.0508. The van der Waals surface area contributed by atoms with E-state index in [4.69, 9.17) is 16.0 Å². The molecule has 31 heavy (non-hydrogen) atoms. The summed E-state index contributed by atoms with van der Waals surface area (Å²) < 4.78 is 28.9. The number of nitrogens with zero attached hydrogens (tertiary/aromatic N) is 1. The number of aryl methyl sites for hydroxylation is 2. The smallest absolute Gasteiger partial charge is 0.275 e. The van der Waals surface area contributed by atoms with Crippen LogP contribution in [0.3, 0.4) is 0 Å². The number of aromatic nitrogens is 1. The lowest BCUT2D eigenvalue weighted by molar-refractivity contribution is -0.122. The van der Waals surface area contributed by atoms with Gasteiger partial charge in [-0.2, -0.15) is 0 Å². The summed E-state index contributed by atoms with van der Waals surface area (Å²) >= 11 is 0. The first-order chi connectivity index (χ1) is 14.6. The molecule has 0 radical (unpaired) electrons. The molecule has 2 aromatic rings. The molecule has 0 aliphatic rings. The van der Waals surface area contributed by atoms with Gasteiger partial charge in [-0.15, -0.1) is 0 Å². The molecule has 0 fully saturated rings. The topological polar surface area (TPSA) is 168 Å². The number of pyridine rings is 1. The van der Waals surface area contributed by atoms with Crippen LogP contribution in [0, 0.1) is 12.3 Å². The molecule has 11 nitrogen and oxygen atoms in total. The molecule has 6 N–H and O–H groups in total. The molecule has 1 amide bonds. The zero-order valence-corrected chi connectivity index (χ0v) is 18.1. The monoisotopic (exact) mass is 450 g/mol. The first-order valence-corrected chi connectivity index (χ1v) is 10.9. The third-order valence-corrected chi connectivity index (χ3v) is 5.54. The molecule has 1 aromatic heterocycles. The van der Waals surface area contributed by atoms with Gasteiger partial charge in [0.15, 0.2) is 0 Å². The minimum Gasteiger partial charge on any atom is -0.368 e. The first kappa shape index (κ1) is 23.9. The number of carbonyl (C=O) groups excluding carboxylic acids is 1. The van der Waals surface area contributed by atoms with Crippen molar-refractivity contribution in [2.45, 2.75) is 31.7 Å². The van der Waals surface area contributed by atoms with Crippen LogP contribution in [0.25, 0.3) is 0 Å². The average molecular weight is 451 g/mol. The van der Waals surface area contributed by atoms with Gasteiger partial charge in [-0.25, -0.2) is 13.9 Å². The zero-order valence-electron chi connectivity index (χ0n) is 17.3. The van der Waals surface area contributed by atoms with Crippen LogP contribution >= 0.6 is 0 Å². The molecule has 0 aliphatic carbocycles. The Balaban J connectivity index is 2.16. The molecule has 168 valence electrons. The van der Waals surface area contributed by atoms with E-state index in [2.05, 4.69) is 15.5 Å². The van der Waals surface area contributed by atoms with Gasteiger partial charge in [0.1, 0.15) is 12.2 Å². The lowest BCUT2D eigenvalue weighted by Gasteiger charge is -2.15. The normalized spacial score (nSPS) is 11.0. The largest absolute Gasteiger partial charge is 0.368 e. The number of nitrogens with one attached hydrogen (secondary N) is 4. The van der Waals surface area contributed by atoms with E-state index >= 15 is 0 Å². The maximum atomic E-state index is 12.9. The van der Waals surface area contributed by atoms with Gasteiger partial charge in [-0.05, 0) is 43.2 Å². The van der Waals surface area contributed by atoms with Gasteiger partial charge in [0.25, 0.3) is 15.6 Å². The number of hydrogen-bond acceptors (Lipinski definition) is 6. The van der Waals surface area contributed by atoms with E-state index in [-0.39, 0.29) is 36.2 Å². The zero-order chi connectivity index (χ0) is 23.0. The number of amides is 1. The Kier molecular flexibility index (Phi) is 8.16. The van der Waals surface area contributed by atoms with Crippen LogP contribution in [-0.4, -0.2) is 38.0 Å². The second-order valence-corrected chi connectivity index (χ2v) is 8.30. The SMILES string of the molecule is CCc1ccc(NS(=O)(=O)c2cccc(C)c2)c(=O)n1CC(=O)NCCONC(=N)N. The molecule has 0 bridgehead atoms. The number of rotatable bonds is 10. The summed E-state index contributed by atoms with van der Waals surface area (Å²) in [5.74, 6) is -0.822. The highest BCUT2D eigenvalue weighted by Gasteiger charge is 2.18. The van der Waals surface area contributed by atoms with Crippen LogP contribution < -0.4 is 26.8 Å². The van der Waals surface area contributed by atoms with E-state index in [1.165, 1.54) is 22.8 Å². The Morgan fingerprint density at radius 1 is 1.26 bits per heavy atom. The van der Waals surface area contributed by atoms with Gasteiger partial charge in [-0.1, -0.05) is 19.1 Å². The number of anilines is 1. The standard InChI is InChI=1S/C19H26N6O5S/c1-3-14-7-8-16(24-31(28,29)15-6-4-5-13(2)11-15)18(27)25(14)12-17(26)22-9-10-30-23-19(20)21/h4-8,11,24H,3,9-10,12H2,1-2H3,(H,22,26)(H4,20,21,23). The number of carbonyl (C=O) groups is 1. The molecular weight excluding hydrogens is 424 g/mol. The minimum absolute atomic E-state index is 0.0370. The van der Waals surface area contributed by atoms with Crippen LogP contribution in [0.2, 0.25) is 0 Å². The molecule has 0 unspecified atom stereocenters. The Labute approximate surface area is 180 Å². The molecular formula is C19H26N6O5S. The molecule has 2 rings (SSSR count). The fraction of sp³-hybridized carbons (Fsp3) is 0.316. The van der Waals surface area contributed by atoms with Gasteiger partial charge in [0.2, 0.25) is 11.9 Å². The van der Waals surface area contributed by atoms with Crippen LogP contribution in [0.1, 0.15) is 18.2 Å². The second kappa shape index (κ2) is 10.6. The third kappa shape index (κ3) is 6.83. The van der Waals surface area contributed by atoms with Crippen molar-refractivity contribution in [2.75, 3.05) is 17.9 Å². The van der Waals surface area contributed by atoms with Crippen molar-refractivity contribution in [1.82, 2.24) is 15.4 Å². The van der Waals surface area contributed by atoms with Crippen molar-refractivity contribution in [2.24, 2.45) is 5.73 Å². The quantitative estimate of drug-likeness (QED) is 0.147. The highest BCUT2D eigenvalue weighted by molar-refractivity contribution is 7.92. The van der Waals surface area contributed by atoms with Crippen molar-refractivity contribution in [3.05, 3.63) is 58.0 Å². The highest BCUT2D eigenvalue weighted by Crippen LogP contribution is 2.15. The van der Waals surface area contributed by atoms with E-state index in [1.54, 1.807) is 25.1 Å². The summed E-state index contributed by atoms with van der Waals surface area (Å²) in [6.45, 7) is 3.47. The minimum atomic E-state index is -3.97. The summed E-state index contributed by atoms with van der Waals surface area (Å²) in [6.07, 6.45) is 0.471.